The summed E-state index contributed by atoms with van der Waals surface area (Å²) in [5.74, 6) is -0.914. The number of hydrogen-bond acceptors (Lipinski definition) is 3. The zero-order chi connectivity index (χ0) is 20.2. The number of aromatic nitrogens is 1. The molecule has 0 aliphatic rings. The lowest BCUT2D eigenvalue weighted by atomic mass is 9.99. The summed E-state index contributed by atoms with van der Waals surface area (Å²) in [6, 6.07) is 25.3. The Balaban J connectivity index is 1.57. The molecule has 4 rings (SSSR count). The first kappa shape index (κ1) is 18.7. The van der Waals surface area contributed by atoms with Gasteiger partial charge in [0.15, 0.2) is 0 Å². The van der Waals surface area contributed by atoms with E-state index in [1.54, 1.807) is 12.1 Å². The third-order valence-electron chi connectivity index (χ3n) is 5.04. The van der Waals surface area contributed by atoms with Crippen LogP contribution < -0.4 is 5.32 Å². The number of hydrogen-bond donors (Lipinski definition) is 2. The average molecular weight is 382 g/mol. The van der Waals surface area contributed by atoms with Crippen LogP contribution in [0.2, 0.25) is 0 Å². The molecule has 0 radical (unpaired) electrons. The molecule has 2 N–H and O–H groups in total. The number of anilines is 1. The fourth-order valence-corrected chi connectivity index (χ4v) is 3.48. The number of fused-ring (bicyclic) bond motifs is 1. The molecule has 0 unspecified atom stereocenters. The topological polar surface area (TPSA) is 62.2 Å². The van der Waals surface area contributed by atoms with Crippen molar-refractivity contribution in [2.75, 3.05) is 5.32 Å². The summed E-state index contributed by atoms with van der Waals surface area (Å²) < 4.78 is 0. The Kier molecular flexibility index (Phi) is 5.25. The molecule has 0 bridgehead atoms. The molecule has 0 amide bonds. The van der Waals surface area contributed by atoms with E-state index in [1.165, 1.54) is 0 Å². The molecule has 144 valence electrons. The number of pyridine rings is 1. The molecule has 4 aromatic rings. The van der Waals surface area contributed by atoms with Crippen LogP contribution in [0, 0.1) is 0 Å². The summed E-state index contributed by atoms with van der Waals surface area (Å²) in [6.07, 6.45) is 0.886. The van der Waals surface area contributed by atoms with Gasteiger partial charge in [0, 0.05) is 23.3 Å². The smallest absolute Gasteiger partial charge is 0.336 e. The maximum atomic E-state index is 11.5. The lowest BCUT2D eigenvalue weighted by Crippen LogP contribution is -2.02. The van der Waals surface area contributed by atoms with Gasteiger partial charge >= 0.3 is 5.97 Å². The second kappa shape index (κ2) is 8.15. The number of rotatable bonds is 6. The summed E-state index contributed by atoms with van der Waals surface area (Å²) >= 11 is 0. The van der Waals surface area contributed by atoms with Crippen molar-refractivity contribution in [2.45, 2.75) is 19.9 Å². The van der Waals surface area contributed by atoms with Gasteiger partial charge in [-0.2, -0.15) is 0 Å². The van der Waals surface area contributed by atoms with Gasteiger partial charge in [0.1, 0.15) is 0 Å². The van der Waals surface area contributed by atoms with E-state index in [4.69, 9.17) is 0 Å². The summed E-state index contributed by atoms with van der Waals surface area (Å²) in [5.41, 5.74) is 6.20. The molecule has 0 atom stereocenters. The first-order valence-electron chi connectivity index (χ1n) is 9.70. The van der Waals surface area contributed by atoms with Gasteiger partial charge in [0.05, 0.1) is 11.1 Å². The van der Waals surface area contributed by atoms with Crippen LogP contribution in [-0.2, 0) is 13.0 Å². The molecule has 0 aliphatic carbocycles. The summed E-state index contributed by atoms with van der Waals surface area (Å²) in [5, 5.41) is 14.0. The Morgan fingerprint density at radius 2 is 1.69 bits per heavy atom. The third-order valence-corrected chi connectivity index (χ3v) is 5.04. The average Bonchev–Trinajstić information content (AvgIpc) is 2.77. The molecule has 1 aromatic heterocycles. The maximum Gasteiger partial charge on any atom is 0.336 e. The number of nitrogens with one attached hydrogen (secondary N) is 1. The first-order chi connectivity index (χ1) is 14.2. The maximum absolute atomic E-state index is 11.5. The molecule has 0 spiro atoms. The molecule has 0 saturated heterocycles. The van der Waals surface area contributed by atoms with E-state index in [9.17, 15) is 9.90 Å². The highest BCUT2D eigenvalue weighted by Crippen LogP contribution is 2.26. The Morgan fingerprint density at radius 1 is 0.966 bits per heavy atom. The minimum atomic E-state index is -0.914. The number of carboxylic acid groups (broad SMARTS) is 1. The summed E-state index contributed by atoms with van der Waals surface area (Å²) in [6.45, 7) is 2.78. The zero-order valence-electron chi connectivity index (χ0n) is 16.2. The van der Waals surface area contributed by atoms with E-state index in [2.05, 4.69) is 29.4 Å². The van der Waals surface area contributed by atoms with Crippen LogP contribution in [0.4, 0.5) is 5.69 Å². The van der Waals surface area contributed by atoms with Crippen LogP contribution >= 0.6 is 0 Å². The summed E-state index contributed by atoms with van der Waals surface area (Å²) in [4.78, 5) is 16.2. The van der Waals surface area contributed by atoms with E-state index in [1.807, 2.05) is 54.6 Å². The van der Waals surface area contributed by atoms with E-state index in [0.29, 0.717) is 12.1 Å². The van der Waals surface area contributed by atoms with Crippen molar-refractivity contribution in [1.29, 1.82) is 0 Å². The molecule has 1 heterocycles. The fourth-order valence-electron chi connectivity index (χ4n) is 3.48. The van der Waals surface area contributed by atoms with Gasteiger partial charge in [-0.15, -0.1) is 0 Å². The van der Waals surface area contributed by atoms with Crippen LogP contribution in [0.3, 0.4) is 0 Å². The number of aromatic carboxylic acids is 1. The Morgan fingerprint density at radius 3 is 2.45 bits per heavy atom. The van der Waals surface area contributed by atoms with Crippen molar-refractivity contribution in [3.8, 4) is 11.1 Å². The Labute approximate surface area is 169 Å². The van der Waals surface area contributed by atoms with E-state index in [0.717, 1.165) is 45.4 Å². The third kappa shape index (κ3) is 3.97. The first-order valence-corrected chi connectivity index (χ1v) is 9.70. The number of benzene rings is 3. The predicted octanol–water partition coefficient (Wildman–Crippen LogP) is 5.77. The molecular weight excluding hydrogens is 360 g/mol. The van der Waals surface area contributed by atoms with Gasteiger partial charge < -0.3 is 10.4 Å². The van der Waals surface area contributed by atoms with Gasteiger partial charge in [-0.1, -0.05) is 67.6 Å². The van der Waals surface area contributed by atoms with Crippen molar-refractivity contribution in [1.82, 2.24) is 4.98 Å². The van der Waals surface area contributed by atoms with Gasteiger partial charge in [-0.3, -0.25) is 4.98 Å². The van der Waals surface area contributed by atoms with Crippen LogP contribution in [-0.4, -0.2) is 16.1 Å². The number of nitrogens with zero attached hydrogens (tertiary/aromatic N) is 1. The number of carboxylic acids is 1. The highest BCUT2D eigenvalue weighted by atomic mass is 16.4. The van der Waals surface area contributed by atoms with E-state index in [-0.39, 0.29) is 0 Å². The number of carbonyl (C=O) groups is 1. The van der Waals surface area contributed by atoms with Crippen LogP contribution in [0.25, 0.3) is 22.0 Å². The molecule has 4 nitrogen and oxygen atoms in total. The molecule has 3 aromatic carbocycles. The van der Waals surface area contributed by atoms with E-state index < -0.39 is 5.97 Å². The standard InChI is InChI=1S/C25H22N2O2/c1-2-19-15-24(22-9-5-6-10-23(22)27-19)26-16-17-11-13-18(14-12-17)20-7-3-4-8-21(20)25(28)29/h3-15H,2,16H2,1H3,(H,26,27)(H,28,29). The van der Waals surface area contributed by atoms with Crippen molar-refractivity contribution in [3.05, 3.63) is 95.7 Å². The zero-order valence-corrected chi connectivity index (χ0v) is 16.2. The minimum absolute atomic E-state index is 0.314. The molecular formula is C25H22N2O2. The second-order valence-corrected chi connectivity index (χ2v) is 6.93. The van der Waals surface area contributed by atoms with Gasteiger partial charge in [0.25, 0.3) is 0 Å². The Hall–Kier alpha value is -3.66. The van der Waals surface area contributed by atoms with Crippen molar-refractivity contribution < 1.29 is 9.90 Å². The Bertz CT molecular complexity index is 1170. The van der Waals surface area contributed by atoms with E-state index >= 15 is 0 Å². The number of para-hydroxylation sites is 1. The van der Waals surface area contributed by atoms with Crippen LogP contribution in [0.15, 0.2) is 78.9 Å². The molecule has 0 saturated carbocycles. The van der Waals surface area contributed by atoms with Crippen molar-refractivity contribution in [3.63, 3.8) is 0 Å². The lowest BCUT2D eigenvalue weighted by molar-refractivity contribution is 0.0697. The number of aryl methyl sites for hydroxylation is 1. The van der Waals surface area contributed by atoms with Crippen LogP contribution in [0.1, 0.15) is 28.5 Å². The molecule has 29 heavy (non-hydrogen) atoms. The second-order valence-electron chi connectivity index (χ2n) is 6.93. The highest BCUT2D eigenvalue weighted by Gasteiger charge is 2.10. The van der Waals surface area contributed by atoms with Crippen LogP contribution in [0.5, 0.6) is 0 Å². The molecule has 4 heteroatoms. The van der Waals surface area contributed by atoms with Crippen molar-refractivity contribution in [2.24, 2.45) is 0 Å². The highest BCUT2D eigenvalue weighted by molar-refractivity contribution is 5.96. The fraction of sp³-hybridized carbons (Fsp3) is 0.120. The normalized spacial score (nSPS) is 10.8. The van der Waals surface area contributed by atoms with Gasteiger partial charge in [-0.25, -0.2) is 4.79 Å². The predicted molar refractivity (Wildman–Crippen MR) is 117 cm³/mol. The van der Waals surface area contributed by atoms with Crippen molar-refractivity contribution >= 4 is 22.6 Å². The molecule has 0 aliphatic heterocycles. The summed E-state index contributed by atoms with van der Waals surface area (Å²) in [7, 11) is 0. The minimum Gasteiger partial charge on any atom is -0.478 e. The SMILES string of the molecule is CCc1cc(NCc2ccc(-c3ccccc3C(=O)O)cc2)c2ccccc2n1. The largest absolute Gasteiger partial charge is 0.478 e. The van der Waals surface area contributed by atoms with Gasteiger partial charge in [-0.05, 0) is 41.3 Å². The molecule has 0 fully saturated rings. The lowest BCUT2D eigenvalue weighted by Gasteiger charge is -2.12. The quantitative estimate of drug-likeness (QED) is 0.444. The monoisotopic (exact) mass is 382 g/mol. The van der Waals surface area contributed by atoms with Gasteiger partial charge in [0.2, 0.25) is 0 Å².